The van der Waals surface area contributed by atoms with Crippen molar-refractivity contribution in [3.8, 4) is 5.75 Å². The molecule has 0 bridgehead atoms. The first-order valence-electron chi connectivity index (χ1n) is 12.1. The van der Waals surface area contributed by atoms with E-state index in [1.54, 1.807) is 49.4 Å². The van der Waals surface area contributed by atoms with Gasteiger partial charge in [-0.15, -0.1) is 0 Å². The van der Waals surface area contributed by atoms with E-state index >= 15 is 0 Å². The SMILES string of the molecule is CCCCNC(=O)C(C)N(Cc1ccc(Cl)c(Cl)c1)C(=O)CCCN(c1cccc(OC)c1)S(C)(=O)=O. The van der Waals surface area contributed by atoms with Gasteiger partial charge in [0, 0.05) is 32.1 Å². The Kier molecular flexibility index (Phi) is 12.0. The first-order valence-corrected chi connectivity index (χ1v) is 14.7. The minimum Gasteiger partial charge on any atom is -0.497 e. The molecule has 11 heteroatoms. The Bertz CT molecular complexity index is 1180. The monoisotopic (exact) mass is 571 g/mol. The Hall–Kier alpha value is -2.49. The number of ether oxygens (including phenoxy) is 1. The van der Waals surface area contributed by atoms with Crippen LogP contribution >= 0.6 is 23.2 Å². The van der Waals surface area contributed by atoms with E-state index in [0.717, 1.165) is 24.7 Å². The molecule has 37 heavy (non-hydrogen) atoms. The van der Waals surface area contributed by atoms with Gasteiger partial charge in [0.15, 0.2) is 0 Å². The number of sulfonamides is 1. The van der Waals surface area contributed by atoms with Crippen LogP contribution in [0.4, 0.5) is 5.69 Å². The average molecular weight is 573 g/mol. The summed E-state index contributed by atoms with van der Waals surface area (Å²) in [5.41, 5.74) is 1.18. The van der Waals surface area contributed by atoms with Crippen LogP contribution < -0.4 is 14.4 Å². The number of amides is 2. The largest absolute Gasteiger partial charge is 0.497 e. The van der Waals surface area contributed by atoms with Crippen molar-refractivity contribution in [2.45, 2.75) is 52.1 Å². The fraction of sp³-hybridized carbons (Fsp3) is 0.462. The van der Waals surface area contributed by atoms with Crippen molar-refractivity contribution in [1.29, 1.82) is 0 Å². The molecule has 1 atom stereocenters. The molecule has 1 N–H and O–H groups in total. The molecule has 8 nitrogen and oxygen atoms in total. The summed E-state index contributed by atoms with van der Waals surface area (Å²) in [4.78, 5) is 27.6. The van der Waals surface area contributed by atoms with Gasteiger partial charge in [-0.05, 0) is 49.6 Å². The fourth-order valence-electron chi connectivity index (χ4n) is 3.72. The molecule has 0 aliphatic heterocycles. The summed E-state index contributed by atoms with van der Waals surface area (Å²) in [6.07, 6.45) is 3.19. The minimum absolute atomic E-state index is 0.0455. The third kappa shape index (κ3) is 9.39. The number of benzene rings is 2. The zero-order valence-corrected chi connectivity index (χ0v) is 24.0. The maximum Gasteiger partial charge on any atom is 0.242 e. The predicted octanol–water partition coefficient (Wildman–Crippen LogP) is 4.88. The molecular weight excluding hydrogens is 537 g/mol. The second kappa shape index (κ2) is 14.4. The summed E-state index contributed by atoms with van der Waals surface area (Å²) >= 11 is 12.2. The van der Waals surface area contributed by atoms with Crippen LogP contribution in [0.5, 0.6) is 5.75 Å². The van der Waals surface area contributed by atoms with E-state index < -0.39 is 16.1 Å². The number of hydrogen-bond acceptors (Lipinski definition) is 5. The molecule has 0 radical (unpaired) electrons. The quantitative estimate of drug-likeness (QED) is 0.326. The lowest BCUT2D eigenvalue weighted by molar-refractivity contribution is -0.140. The zero-order chi connectivity index (χ0) is 27.6. The van der Waals surface area contributed by atoms with Gasteiger partial charge in [0.1, 0.15) is 11.8 Å². The summed E-state index contributed by atoms with van der Waals surface area (Å²) < 4.78 is 31.4. The highest BCUT2D eigenvalue weighted by Crippen LogP contribution is 2.25. The van der Waals surface area contributed by atoms with Crippen LogP contribution in [0.1, 0.15) is 45.1 Å². The minimum atomic E-state index is -3.60. The number of carbonyl (C=O) groups is 2. The lowest BCUT2D eigenvalue weighted by Crippen LogP contribution is -2.48. The number of rotatable bonds is 14. The molecule has 0 saturated heterocycles. The Morgan fingerprint density at radius 1 is 1.08 bits per heavy atom. The van der Waals surface area contributed by atoms with E-state index in [1.807, 2.05) is 6.92 Å². The summed E-state index contributed by atoms with van der Waals surface area (Å²) in [5.74, 6) is -0.00255. The van der Waals surface area contributed by atoms with Gasteiger partial charge in [-0.1, -0.05) is 48.7 Å². The van der Waals surface area contributed by atoms with Gasteiger partial charge in [0.25, 0.3) is 0 Å². The van der Waals surface area contributed by atoms with Crippen molar-refractivity contribution in [3.05, 3.63) is 58.1 Å². The number of halogens is 2. The smallest absolute Gasteiger partial charge is 0.242 e. The van der Waals surface area contributed by atoms with Gasteiger partial charge in [0.2, 0.25) is 21.8 Å². The van der Waals surface area contributed by atoms with E-state index in [9.17, 15) is 18.0 Å². The maximum absolute atomic E-state index is 13.3. The zero-order valence-electron chi connectivity index (χ0n) is 21.7. The molecule has 0 heterocycles. The van der Waals surface area contributed by atoms with Gasteiger partial charge < -0.3 is 15.0 Å². The Labute approximate surface area is 229 Å². The van der Waals surface area contributed by atoms with Crippen molar-refractivity contribution in [2.75, 3.05) is 30.8 Å². The molecule has 0 aromatic heterocycles. The van der Waals surface area contributed by atoms with Gasteiger partial charge in [0.05, 0.1) is 29.1 Å². The second-order valence-electron chi connectivity index (χ2n) is 8.73. The predicted molar refractivity (Wildman–Crippen MR) is 149 cm³/mol. The second-order valence-corrected chi connectivity index (χ2v) is 11.5. The van der Waals surface area contributed by atoms with E-state index in [0.29, 0.717) is 28.0 Å². The van der Waals surface area contributed by atoms with Crippen molar-refractivity contribution in [1.82, 2.24) is 10.2 Å². The van der Waals surface area contributed by atoms with Crippen LogP contribution in [0, 0.1) is 0 Å². The number of methoxy groups -OCH3 is 1. The number of hydrogen-bond donors (Lipinski definition) is 1. The number of anilines is 1. The third-order valence-corrected chi connectivity index (χ3v) is 7.76. The number of nitrogens with one attached hydrogen (secondary N) is 1. The molecular formula is C26H35Cl2N3O5S. The summed E-state index contributed by atoms with van der Waals surface area (Å²) in [5, 5.41) is 3.62. The van der Waals surface area contributed by atoms with Crippen LogP contribution in [0.15, 0.2) is 42.5 Å². The first-order chi connectivity index (χ1) is 17.5. The Morgan fingerprint density at radius 3 is 2.43 bits per heavy atom. The molecule has 0 fully saturated rings. The van der Waals surface area contributed by atoms with Crippen LogP contribution in [0.3, 0.4) is 0 Å². The van der Waals surface area contributed by atoms with Crippen LogP contribution in [0.25, 0.3) is 0 Å². The van der Waals surface area contributed by atoms with Crippen LogP contribution in [0.2, 0.25) is 10.0 Å². The molecule has 1 unspecified atom stereocenters. The number of carbonyl (C=O) groups excluding carboxylic acids is 2. The average Bonchev–Trinajstić information content (AvgIpc) is 2.86. The molecule has 2 aromatic rings. The van der Waals surface area contributed by atoms with Crippen molar-refractivity contribution in [3.63, 3.8) is 0 Å². The molecule has 204 valence electrons. The van der Waals surface area contributed by atoms with Crippen molar-refractivity contribution in [2.24, 2.45) is 0 Å². The summed E-state index contributed by atoms with van der Waals surface area (Å²) in [6, 6.07) is 11.1. The highest BCUT2D eigenvalue weighted by Gasteiger charge is 2.26. The maximum atomic E-state index is 13.3. The summed E-state index contributed by atoms with van der Waals surface area (Å²) in [7, 11) is -2.10. The number of nitrogens with zero attached hydrogens (tertiary/aromatic N) is 2. The molecule has 2 rings (SSSR count). The summed E-state index contributed by atoms with van der Waals surface area (Å²) in [6.45, 7) is 4.48. The molecule has 2 amide bonds. The van der Waals surface area contributed by atoms with Crippen molar-refractivity contribution < 1.29 is 22.7 Å². The van der Waals surface area contributed by atoms with Gasteiger partial charge in [-0.2, -0.15) is 0 Å². The Balaban J connectivity index is 2.18. The lowest BCUT2D eigenvalue weighted by atomic mass is 10.1. The normalized spacial score (nSPS) is 12.1. The Morgan fingerprint density at radius 2 is 1.81 bits per heavy atom. The van der Waals surface area contributed by atoms with E-state index in [-0.39, 0.29) is 37.7 Å². The van der Waals surface area contributed by atoms with Crippen molar-refractivity contribution >= 4 is 50.7 Å². The molecule has 0 saturated carbocycles. The van der Waals surface area contributed by atoms with Gasteiger partial charge in [-0.25, -0.2) is 8.42 Å². The van der Waals surface area contributed by atoms with Gasteiger partial charge in [-0.3, -0.25) is 13.9 Å². The highest BCUT2D eigenvalue weighted by atomic mass is 35.5. The van der Waals surface area contributed by atoms with Crippen LogP contribution in [-0.2, 0) is 26.2 Å². The standard InChI is InChI=1S/C26H35Cl2N3O5S/c1-5-6-14-29-26(33)19(2)30(18-20-12-13-23(27)24(28)16-20)25(32)11-8-15-31(37(4,34)35)21-9-7-10-22(17-21)36-3/h7,9-10,12-13,16-17,19H,5-6,8,11,14-15,18H2,1-4H3,(H,29,33). The number of unbranched alkanes of at least 4 members (excludes halogenated alkanes) is 1. The lowest BCUT2D eigenvalue weighted by Gasteiger charge is -2.29. The topological polar surface area (TPSA) is 96.0 Å². The van der Waals surface area contributed by atoms with Gasteiger partial charge >= 0.3 is 0 Å². The molecule has 0 spiro atoms. The highest BCUT2D eigenvalue weighted by molar-refractivity contribution is 7.92. The third-order valence-electron chi connectivity index (χ3n) is 5.83. The molecule has 0 aliphatic rings. The molecule has 0 aliphatic carbocycles. The van der Waals surface area contributed by atoms with E-state index in [2.05, 4.69) is 5.32 Å². The van der Waals surface area contributed by atoms with E-state index in [4.69, 9.17) is 27.9 Å². The molecule has 2 aromatic carbocycles. The van der Waals surface area contributed by atoms with Crippen LogP contribution in [-0.4, -0.2) is 57.6 Å². The fourth-order valence-corrected chi connectivity index (χ4v) is 5.00. The van der Waals surface area contributed by atoms with E-state index in [1.165, 1.54) is 16.3 Å². The first kappa shape index (κ1) is 30.7.